The molecule has 2 rings (SSSR count). The van der Waals surface area contributed by atoms with Crippen LogP contribution in [-0.2, 0) is 6.18 Å². The molecule has 1 aromatic carbocycles. The average Bonchev–Trinajstić information content (AvgIpc) is 2.38. The first-order chi connectivity index (χ1) is 8.88. The van der Waals surface area contributed by atoms with Crippen LogP contribution in [-0.4, -0.2) is 4.98 Å². The summed E-state index contributed by atoms with van der Waals surface area (Å²) in [6.07, 6.45) is -2.60. The maximum Gasteiger partial charge on any atom is 0.416 e. The standard InChI is InChI=1S/C15H14F3N/c1-10(2)14-8-5-12(9-19-14)11-3-6-13(7-4-11)15(16,17)18/h3-10H,1-2H3. The van der Waals surface area contributed by atoms with Crippen molar-refractivity contribution in [2.24, 2.45) is 0 Å². The van der Waals surface area contributed by atoms with Gasteiger partial charge < -0.3 is 0 Å². The number of alkyl halides is 3. The van der Waals surface area contributed by atoms with Crippen molar-refractivity contribution >= 4 is 0 Å². The highest BCUT2D eigenvalue weighted by Crippen LogP contribution is 2.30. The highest BCUT2D eigenvalue weighted by molar-refractivity contribution is 5.62. The van der Waals surface area contributed by atoms with E-state index >= 15 is 0 Å². The van der Waals surface area contributed by atoms with Gasteiger partial charge >= 0.3 is 6.18 Å². The maximum absolute atomic E-state index is 12.5. The molecule has 0 aliphatic carbocycles. The minimum absolute atomic E-state index is 0.335. The van der Waals surface area contributed by atoms with Gasteiger partial charge in [-0.3, -0.25) is 4.98 Å². The lowest BCUT2D eigenvalue weighted by Crippen LogP contribution is -2.04. The van der Waals surface area contributed by atoms with E-state index in [0.29, 0.717) is 5.92 Å². The van der Waals surface area contributed by atoms with Gasteiger partial charge in [-0.05, 0) is 29.7 Å². The number of hydrogen-bond donors (Lipinski definition) is 0. The molecule has 0 fully saturated rings. The Morgan fingerprint density at radius 1 is 0.895 bits per heavy atom. The molecule has 0 aliphatic rings. The summed E-state index contributed by atoms with van der Waals surface area (Å²) in [6.45, 7) is 4.08. The predicted octanol–water partition coefficient (Wildman–Crippen LogP) is 4.89. The van der Waals surface area contributed by atoms with Crippen molar-refractivity contribution in [1.82, 2.24) is 4.98 Å². The summed E-state index contributed by atoms with van der Waals surface area (Å²) in [5, 5.41) is 0. The van der Waals surface area contributed by atoms with Crippen LogP contribution in [0.2, 0.25) is 0 Å². The maximum atomic E-state index is 12.5. The van der Waals surface area contributed by atoms with Gasteiger partial charge in [0.25, 0.3) is 0 Å². The number of hydrogen-bond acceptors (Lipinski definition) is 1. The van der Waals surface area contributed by atoms with Crippen molar-refractivity contribution in [2.75, 3.05) is 0 Å². The Kier molecular flexibility index (Phi) is 3.60. The third kappa shape index (κ3) is 3.13. The Hall–Kier alpha value is -1.84. The smallest absolute Gasteiger partial charge is 0.260 e. The molecule has 0 bridgehead atoms. The van der Waals surface area contributed by atoms with E-state index in [9.17, 15) is 13.2 Å². The van der Waals surface area contributed by atoms with Crippen molar-refractivity contribution in [2.45, 2.75) is 25.9 Å². The van der Waals surface area contributed by atoms with Crippen LogP contribution in [0.5, 0.6) is 0 Å². The molecule has 0 saturated heterocycles. The lowest BCUT2D eigenvalue weighted by molar-refractivity contribution is -0.137. The molecule has 0 spiro atoms. The van der Waals surface area contributed by atoms with E-state index in [1.54, 1.807) is 6.20 Å². The van der Waals surface area contributed by atoms with E-state index in [1.165, 1.54) is 12.1 Å². The molecule has 0 aliphatic heterocycles. The topological polar surface area (TPSA) is 12.9 Å². The summed E-state index contributed by atoms with van der Waals surface area (Å²) in [6, 6.07) is 8.89. The molecular formula is C15H14F3N. The molecule has 4 heteroatoms. The van der Waals surface area contributed by atoms with E-state index in [1.807, 2.05) is 26.0 Å². The molecule has 19 heavy (non-hydrogen) atoms. The van der Waals surface area contributed by atoms with Crippen molar-refractivity contribution in [3.8, 4) is 11.1 Å². The first kappa shape index (κ1) is 13.6. The molecule has 0 atom stereocenters. The largest absolute Gasteiger partial charge is 0.416 e. The van der Waals surface area contributed by atoms with Gasteiger partial charge in [0.15, 0.2) is 0 Å². The van der Waals surface area contributed by atoms with Gasteiger partial charge in [0.1, 0.15) is 0 Å². The third-order valence-electron chi connectivity index (χ3n) is 2.92. The molecule has 0 radical (unpaired) electrons. The Bertz CT molecular complexity index is 539. The first-order valence-corrected chi connectivity index (χ1v) is 6.01. The van der Waals surface area contributed by atoms with Crippen LogP contribution in [0.1, 0.15) is 31.0 Å². The van der Waals surface area contributed by atoms with Crippen LogP contribution in [0.25, 0.3) is 11.1 Å². The molecular weight excluding hydrogens is 251 g/mol. The molecule has 1 heterocycles. The van der Waals surface area contributed by atoms with Crippen LogP contribution in [0.15, 0.2) is 42.6 Å². The van der Waals surface area contributed by atoms with Crippen LogP contribution in [0.4, 0.5) is 13.2 Å². The normalized spacial score (nSPS) is 11.9. The molecule has 0 unspecified atom stereocenters. The van der Waals surface area contributed by atoms with E-state index < -0.39 is 11.7 Å². The Labute approximate surface area is 110 Å². The third-order valence-corrected chi connectivity index (χ3v) is 2.92. The van der Waals surface area contributed by atoms with E-state index in [4.69, 9.17) is 0 Å². The number of aromatic nitrogens is 1. The van der Waals surface area contributed by atoms with E-state index in [2.05, 4.69) is 4.98 Å². The Morgan fingerprint density at radius 3 is 1.89 bits per heavy atom. The van der Waals surface area contributed by atoms with Crippen molar-refractivity contribution in [3.05, 3.63) is 53.9 Å². The zero-order valence-corrected chi connectivity index (χ0v) is 10.7. The molecule has 0 saturated carbocycles. The minimum atomic E-state index is -4.29. The molecule has 0 amide bonds. The monoisotopic (exact) mass is 265 g/mol. The van der Waals surface area contributed by atoms with Crippen molar-refractivity contribution < 1.29 is 13.2 Å². The van der Waals surface area contributed by atoms with E-state index in [0.717, 1.165) is 29.0 Å². The number of halogens is 3. The summed E-state index contributed by atoms with van der Waals surface area (Å²) in [5.41, 5.74) is 1.88. The van der Waals surface area contributed by atoms with Gasteiger partial charge in [0, 0.05) is 17.5 Å². The summed E-state index contributed by atoms with van der Waals surface area (Å²) in [4.78, 5) is 4.30. The zero-order valence-electron chi connectivity index (χ0n) is 10.7. The Balaban J connectivity index is 2.27. The average molecular weight is 265 g/mol. The molecule has 1 aromatic heterocycles. The lowest BCUT2D eigenvalue weighted by atomic mass is 10.0. The zero-order chi connectivity index (χ0) is 14.0. The second-order valence-electron chi connectivity index (χ2n) is 4.70. The quantitative estimate of drug-likeness (QED) is 0.753. The minimum Gasteiger partial charge on any atom is -0.260 e. The number of rotatable bonds is 2. The number of nitrogens with zero attached hydrogens (tertiary/aromatic N) is 1. The van der Waals surface area contributed by atoms with Gasteiger partial charge in [-0.15, -0.1) is 0 Å². The highest BCUT2D eigenvalue weighted by atomic mass is 19.4. The van der Waals surface area contributed by atoms with E-state index in [-0.39, 0.29) is 0 Å². The molecule has 1 nitrogen and oxygen atoms in total. The second-order valence-corrected chi connectivity index (χ2v) is 4.70. The SMILES string of the molecule is CC(C)c1ccc(-c2ccc(C(F)(F)F)cc2)cn1. The van der Waals surface area contributed by atoms with Gasteiger partial charge in [-0.25, -0.2) is 0 Å². The van der Waals surface area contributed by atoms with Crippen LogP contribution < -0.4 is 0 Å². The first-order valence-electron chi connectivity index (χ1n) is 6.01. The summed E-state index contributed by atoms with van der Waals surface area (Å²) < 4.78 is 37.4. The highest BCUT2D eigenvalue weighted by Gasteiger charge is 2.29. The van der Waals surface area contributed by atoms with Crippen molar-refractivity contribution in [1.29, 1.82) is 0 Å². The van der Waals surface area contributed by atoms with Gasteiger partial charge in [-0.1, -0.05) is 32.0 Å². The fourth-order valence-corrected chi connectivity index (χ4v) is 1.77. The molecule has 100 valence electrons. The second kappa shape index (κ2) is 5.03. The summed E-state index contributed by atoms with van der Waals surface area (Å²) in [5.74, 6) is 0.335. The molecule has 2 aromatic rings. The predicted molar refractivity (Wildman–Crippen MR) is 68.8 cm³/mol. The Morgan fingerprint density at radius 2 is 1.47 bits per heavy atom. The fourth-order valence-electron chi connectivity index (χ4n) is 1.77. The number of benzene rings is 1. The van der Waals surface area contributed by atoms with Gasteiger partial charge in [0.2, 0.25) is 0 Å². The van der Waals surface area contributed by atoms with Crippen LogP contribution in [0, 0.1) is 0 Å². The van der Waals surface area contributed by atoms with Gasteiger partial charge in [0.05, 0.1) is 5.56 Å². The molecule has 0 N–H and O–H groups in total. The van der Waals surface area contributed by atoms with Crippen LogP contribution in [0.3, 0.4) is 0 Å². The van der Waals surface area contributed by atoms with Gasteiger partial charge in [-0.2, -0.15) is 13.2 Å². The van der Waals surface area contributed by atoms with Crippen molar-refractivity contribution in [3.63, 3.8) is 0 Å². The lowest BCUT2D eigenvalue weighted by Gasteiger charge is -2.08. The summed E-state index contributed by atoms with van der Waals surface area (Å²) in [7, 11) is 0. The fraction of sp³-hybridized carbons (Fsp3) is 0.267. The van der Waals surface area contributed by atoms with Crippen LogP contribution >= 0.6 is 0 Å². The summed E-state index contributed by atoms with van der Waals surface area (Å²) >= 11 is 0. The number of pyridine rings is 1.